The van der Waals surface area contributed by atoms with Crippen LogP contribution in [0.1, 0.15) is 71.0 Å². The molecule has 2 rings (SSSR count). The molecule has 1 aliphatic rings. The number of carboxylic acids is 1. The molecule has 1 aromatic rings. The zero-order valence-electron chi connectivity index (χ0n) is 17.0. The lowest BCUT2D eigenvalue weighted by atomic mass is 10.1. The first-order valence-electron chi connectivity index (χ1n) is 9.40. The van der Waals surface area contributed by atoms with Crippen LogP contribution in [0, 0.1) is 0 Å². The van der Waals surface area contributed by atoms with Crippen molar-refractivity contribution in [2.24, 2.45) is 0 Å². The van der Waals surface area contributed by atoms with Crippen molar-refractivity contribution >= 4 is 23.3 Å². The molecule has 0 aliphatic heterocycles. The van der Waals surface area contributed by atoms with E-state index in [1.807, 2.05) is 26.2 Å². The van der Waals surface area contributed by atoms with Crippen LogP contribution in [0.3, 0.4) is 0 Å². The first kappa shape index (κ1) is 21.6. The highest BCUT2D eigenvalue weighted by Crippen LogP contribution is 2.29. The zero-order valence-corrected chi connectivity index (χ0v) is 17.8. The lowest BCUT2D eigenvalue weighted by Gasteiger charge is -2.31. The third-order valence-electron chi connectivity index (χ3n) is 4.20. The number of thiazole rings is 1. The van der Waals surface area contributed by atoms with Crippen molar-refractivity contribution in [1.82, 2.24) is 15.2 Å². The molecule has 27 heavy (non-hydrogen) atoms. The van der Waals surface area contributed by atoms with E-state index >= 15 is 0 Å². The SMILES string of the molecule is CC(C)c1nc(CN(C(=O)N[C@H](C(=O)O)C(C)OC(C)(C)C)C2CC2)cs1. The summed E-state index contributed by atoms with van der Waals surface area (Å²) in [5.74, 6) is -0.759. The van der Waals surface area contributed by atoms with E-state index in [1.54, 1.807) is 23.2 Å². The maximum absolute atomic E-state index is 12.8. The van der Waals surface area contributed by atoms with Crippen LogP contribution in [0.25, 0.3) is 0 Å². The van der Waals surface area contributed by atoms with Crippen molar-refractivity contribution in [2.45, 2.75) is 90.6 Å². The van der Waals surface area contributed by atoms with Crippen molar-refractivity contribution < 1.29 is 19.4 Å². The minimum Gasteiger partial charge on any atom is -0.480 e. The molecule has 0 bridgehead atoms. The third kappa shape index (κ3) is 6.46. The maximum Gasteiger partial charge on any atom is 0.328 e. The number of aliphatic carboxylic acids is 1. The summed E-state index contributed by atoms with van der Waals surface area (Å²) >= 11 is 1.59. The predicted molar refractivity (Wildman–Crippen MR) is 105 cm³/mol. The average Bonchev–Trinajstić information content (AvgIpc) is 3.25. The summed E-state index contributed by atoms with van der Waals surface area (Å²) in [5.41, 5.74) is 0.346. The smallest absolute Gasteiger partial charge is 0.328 e. The Kier molecular flexibility index (Phi) is 6.86. The summed E-state index contributed by atoms with van der Waals surface area (Å²) in [6.45, 7) is 11.8. The Morgan fingerprint density at radius 1 is 1.37 bits per heavy atom. The normalized spacial score (nSPS) is 16.9. The summed E-state index contributed by atoms with van der Waals surface area (Å²) in [6, 6.07) is -1.35. The van der Waals surface area contributed by atoms with Gasteiger partial charge >= 0.3 is 12.0 Å². The number of nitrogens with one attached hydrogen (secondary N) is 1. The number of nitrogens with zero attached hydrogens (tertiary/aromatic N) is 2. The van der Waals surface area contributed by atoms with Crippen LogP contribution >= 0.6 is 11.3 Å². The van der Waals surface area contributed by atoms with E-state index in [4.69, 9.17) is 4.74 Å². The number of carbonyl (C=O) groups excluding carboxylic acids is 1. The summed E-state index contributed by atoms with van der Waals surface area (Å²) in [7, 11) is 0. The topological polar surface area (TPSA) is 91.8 Å². The van der Waals surface area contributed by atoms with Gasteiger partial charge in [0.2, 0.25) is 0 Å². The van der Waals surface area contributed by atoms with Crippen molar-refractivity contribution in [3.8, 4) is 0 Å². The number of urea groups is 1. The van der Waals surface area contributed by atoms with Gasteiger partial charge in [-0.25, -0.2) is 14.6 Å². The average molecular weight is 398 g/mol. The molecule has 0 saturated heterocycles. The number of ether oxygens (including phenoxy) is 1. The molecule has 7 nitrogen and oxygen atoms in total. The van der Waals surface area contributed by atoms with Gasteiger partial charge < -0.3 is 20.1 Å². The molecule has 0 radical (unpaired) electrons. The van der Waals surface area contributed by atoms with Crippen molar-refractivity contribution in [3.63, 3.8) is 0 Å². The Balaban J connectivity index is 2.07. The van der Waals surface area contributed by atoms with E-state index in [0.29, 0.717) is 12.5 Å². The lowest BCUT2D eigenvalue weighted by Crippen LogP contribution is -2.54. The number of hydrogen-bond acceptors (Lipinski definition) is 5. The number of hydrogen-bond donors (Lipinski definition) is 2. The van der Waals surface area contributed by atoms with E-state index in [1.165, 1.54) is 0 Å². The Labute approximate surface area is 165 Å². The monoisotopic (exact) mass is 397 g/mol. The minimum atomic E-state index is -1.11. The summed E-state index contributed by atoms with van der Waals surface area (Å²) < 4.78 is 5.74. The molecule has 0 aromatic carbocycles. The Hall–Kier alpha value is -1.67. The minimum absolute atomic E-state index is 0.141. The van der Waals surface area contributed by atoms with E-state index in [0.717, 1.165) is 23.5 Å². The highest BCUT2D eigenvalue weighted by Gasteiger charge is 2.37. The molecule has 1 unspecified atom stereocenters. The number of aromatic nitrogens is 1. The summed E-state index contributed by atoms with van der Waals surface area (Å²) in [5, 5.41) is 15.2. The van der Waals surface area contributed by atoms with Crippen LogP contribution in [-0.2, 0) is 16.1 Å². The third-order valence-corrected chi connectivity index (χ3v) is 5.39. The van der Waals surface area contributed by atoms with Gasteiger partial charge in [-0.2, -0.15) is 0 Å². The number of rotatable bonds is 8. The van der Waals surface area contributed by atoms with E-state index in [9.17, 15) is 14.7 Å². The molecule has 1 aromatic heterocycles. The fourth-order valence-corrected chi connectivity index (χ4v) is 3.64. The van der Waals surface area contributed by atoms with Gasteiger partial charge in [-0.1, -0.05) is 13.8 Å². The molecule has 1 saturated carbocycles. The zero-order chi connectivity index (χ0) is 20.4. The van der Waals surface area contributed by atoms with Gasteiger partial charge in [-0.15, -0.1) is 11.3 Å². The standard InChI is InChI=1S/C19H31N3O4S/c1-11(2)16-20-13(10-27-16)9-22(14-7-8-14)18(25)21-15(17(23)24)12(3)26-19(4,5)6/h10-12,14-15H,7-9H2,1-6H3,(H,21,25)(H,23,24)/t12?,15-/m0/s1. The van der Waals surface area contributed by atoms with Crippen LogP contribution in [-0.4, -0.2) is 50.8 Å². The Bertz CT molecular complexity index is 664. The second kappa shape index (κ2) is 8.56. The summed E-state index contributed by atoms with van der Waals surface area (Å²) in [6.07, 6.45) is 1.21. The van der Waals surface area contributed by atoms with Gasteiger partial charge in [-0.3, -0.25) is 0 Å². The molecule has 8 heteroatoms. The molecule has 1 fully saturated rings. The number of carboxylic acid groups (broad SMARTS) is 1. The van der Waals surface area contributed by atoms with E-state index in [2.05, 4.69) is 24.1 Å². The van der Waals surface area contributed by atoms with Crippen LogP contribution in [0.15, 0.2) is 5.38 Å². The molecule has 2 amide bonds. The first-order chi connectivity index (χ1) is 12.5. The second-order valence-corrected chi connectivity index (χ2v) is 9.28. The van der Waals surface area contributed by atoms with Crippen molar-refractivity contribution in [2.75, 3.05) is 0 Å². The molecule has 1 heterocycles. The fraction of sp³-hybridized carbons (Fsp3) is 0.737. The van der Waals surface area contributed by atoms with Crippen LogP contribution < -0.4 is 5.32 Å². The highest BCUT2D eigenvalue weighted by atomic mass is 32.1. The summed E-state index contributed by atoms with van der Waals surface area (Å²) in [4.78, 5) is 30.8. The quantitative estimate of drug-likeness (QED) is 0.699. The predicted octanol–water partition coefficient (Wildman–Crippen LogP) is 3.60. The van der Waals surface area contributed by atoms with Gasteiger partial charge in [0.15, 0.2) is 6.04 Å². The number of amides is 2. The molecule has 1 aliphatic carbocycles. The van der Waals surface area contributed by atoms with Gasteiger partial charge in [0.25, 0.3) is 0 Å². The van der Waals surface area contributed by atoms with Crippen molar-refractivity contribution in [1.29, 1.82) is 0 Å². The second-order valence-electron chi connectivity index (χ2n) is 8.39. The van der Waals surface area contributed by atoms with Gasteiger partial charge in [0.1, 0.15) is 0 Å². The molecule has 2 atom stereocenters. The maximum atomic E-state index is 12.8. The molecule has 2 N–H and O–H groups in total. The van der Waals surface area contributed by atoms with Gasteiger partial charge in [0.05, 0.1) is 29.0 Å². The van der Waals surface area contributed by atoms with Crippen LogP contribution in [0.2, 0.25) is 0 Å². The van der Waals surface area contributed by atoms with E-state index < -0.39 is 23.7 Å². The van der Waals surface area contributed by atoms with Crippen LogP contribution in [0.5, 0.6) is 0 Å². The molecule has 0 spiro atoms. The fourth-order valence-electron chi connectivity index (χ4n) is 2.81. The highest BCUT2D eigenvalue weighted by molar-refractivity contribution is 7.09. The Morgan fingerprint density at radius 3 is 2.44 bits per heavy atom. The van der Waals surface area contributed by atoms with Crippen LogP contribution in [0.4, 0.5) is 4.79 Å². The number of carbonyl (C=O) groups is 2. The first-order valence-corrected chi connectivity index (χ1v) is 10.3. The van der Waals surface area contributed by atoms with Gasteiger partial charge in [0, 0.05) is 17.3 Å². The lowest BCUT2D eigenvalue weighted by molar-refractivity contribution is -0.146. The van der Waals surface area contributed by atoms with E-state index in [-0.39, 0.29) is 12.1 Å². The van der Waals surface area contributed by atoms with Gasteiger partial charge in [-0.05, 0) is 40.5 Å². The Morgan fingerprint density at radius 2 is 2.00 bits per heavy atom. The largest absolute Gasteiger partial charge is 0.480 e. The van der Waals surface area contributed by atoms with Crippen molar-refractivity contribution in [3.05, 3.63) is 16.1 Å². The molecular weight excluding hydrogens is 366 g/mol. The molecular formula is C19H31N3O4S. The molecule has 152 valence electrons.